The number of aromatic nitrogens is 2. The van der Waals surface area contributed by atoms with Crippen LogP contribution in [0.15, 0.2) is 18.2 Å². The molecule has 0 spiro atoms. The summed E-state index contributed by atoms with van der Waals surface area (Å²) in [6.45, 7) is 1.54. The molecule has 1 aromatic heterocycles. The molecule has 6 heteroatoms. The summed E-state index contributed by atoms with van der Waals surface area (Å²) in [7, 11) is 1.41. The van der Waals surface area contributed by atoms with Gasteiger partial charge in [0.05, 0.1) is 12.8 Å². The van der Waals surface area contributed by atoms with Crippen LogP contribution in [-0.4, -0.2) is 17.1 Å². The van der Waals surface area contributed by atoms with E-state index in [1.54, 1.807) is 6.92 Å². The zero-order chi connectivity index (χ0) is 13.3. The lowest BCUT2D eigenvalue weighted by atomic mass is 10.1. The Bertz CT molecular complexity index is 602. The van der Waals surface area contributed by atoms with Crippen molar-refractivity contribution < 1.29 is 13.5 Å². The minimum atomic E-state index is -0.710. The molecule has 1 aromatic carbocycles. The largest absolute Gasteiger partial charge is 0.481 e. The molecular weight excluding hydrogens is 240 g/mol. The fraction of sp³-hybridized carbons (Fsp3) is 0.167. The normalized spacial score (nSPS) is 10.4. The van der Waals surface area contributed by atoms with Gasteiger partial charge in [0.2, 0.25) is 11.8 Å². The molecule has 0 radical (unpaired) electrons. The average molecular weight is 251 g/mol. The van der Waals surface area contributed by atoms with Crippen LogP contribution < -0.4 is 10.5 Å². The SMILES string of the molecule is COc1cc(-c2cc(C)c(F)cc2F)nc(N)n1. The first-order chi connectivity index (χ1) is 8.51. The van der Waals surface area contributed by atoms with Crippen molar-refractivity contribution in [2.45, 2.75) is 6.92 Å². The number of nitrogen functional groups attached to an aromatic ring is 1. The highest BCUT2D eigenvalue weighted by atomic mass is 19.1. The number of hydrogen-bond donors (Lipinski definition) is 1. The van der Waals surface area contributed by atoms with Gasteiger partial charge in [0.1, 0.15) is 11.6 Å². The van der Waals surface area contributed by atoms with E-state index in [1.807, 2.05) is 0 Å². The van der Waals surface area contributed by atoms with Gasteiger partial charge < -0.3 is 10.5 Å². The molecule has 4 nitrogen and oxygen atoms in total. The van der Waals surface area contributed by atoms with Crippen molar-refractivity contribution in [3.8, 4) is 17.1 Å². The number of benzene rings is 1. The molecule has 0 amide bonds. The van der Waals surface area contributed by atoms with E-state index >= 15 is 0 Å². The van der Waals surface area contributed by atoms with E-state index in [1.165, 1.54) is 19.2 Å². The molecule has 94 valence electrons. The van der Waals surface area contributed by atoms with E-state index in [-0.39, 0.29) is 23.1 Å². The molecule has 0 saturated heterocycles. The third-order valence-corrected chi connectivity index (χ3v) is 2.45. The van der Waals surface area contributed by atoms with Gasteiger partial charge in [-0.1, -0.05) is 0 Å². The third-order valence-electron chi connectivity index (χ3n) is 2.45. The highest BCUT2D eigenvalue weighted by molar-refractivity contribution is 5.63. The average Bonchev–Trinajstić information content (AvgIpc) is 2.33. The quantitative estimate of drug-likeness (QED) is 0.889. The molecule has 2 aromatic rings. The highest BCUT2D eigenvalue weighted by Gasteiger charge is 2.12. The molecule has 18 heavy (non-hydrogen) atoms. The molecule has 0 bridgehead atoms. The summed E-state index contributed by atoms with van der Waals surface area (Å²) in [4.78, 5) is 7.70. The van der Waals surface area contributed by atoms with E-state index < -0.39 is 11.6 Å². The Morgan fingerprint density at radius 3 is 2.50 bits per heavy atom. The van der Waals surface area contributed by atoms with Crippen LogP contribution >= 0.6 is 0 Å². The van der Waals surface area contributed by atoms with Gasteiger partial charge in [0, 0.05) is 17.7 Å². The van der Waals surface area contributed by atoms with E-state index in [4.69, 9.17) is 10.5 Å². The standard InChI is InChI=1S/C12H11F2N3O/c1-6-3-7(9(14)4-8(6)13)10-5-11(18-2)17-12(15)16-10/h3-5H,1-2H3,(H2,15,16,17). The summed E-state index contributed by atoms with van der Waals surface area (Å²) in [6, 6.07) is 3.62. The van der Waals surface area contributed by atoms with Crippen molar-refractivity contribution in [3.05, 3.63) is 35.4 Å². The van der Waals surface area contributed by atoms with Crippen LogP contribution in [0, 0.1) is 18.6 Å². The lowest BCUT2D eigenvalue weighted by molar-refractivity contribution is 0.398. The monoisotopic (exact) mass is 251 g/mol. The molecule has 0 aliphatic rings. The second-order valence-corrected chi connectivity index (χ2v) is 3.73. The number of aryl methyl sites for hydroxylation is 1. The Kier molecular flexibility index (Phi) is 3.10. The van der Waals surface area contributed by atoms with E-state index in [2.05, 4.69) is 9.97 Å². The maximum absolute atomic E-state index is 13.7. The maximum atomic E-state index is 13.7. The Labute approximate surface area is 102 Å². The molecule has 2 N–H and O–H groups in total. The van der Waals surface area contributed by atoms with Crippen LogP contribution in [0.25, 0.3) is 11.3 Å². The van der Waals surface area contributed by atoms with Crippen LogP contribution in [0.4, 0.5) is 14.7 Å². The molecule has 0 atom stereocenters. The zero-order valence-corrected chi connectivity index (χ0v) is 9.87. The summed E-state index contributed by atoms with van der Waals surface area (Å²) in [5.41, 5.74) is 6.22. The number of halogens is 2. The van der Waals surface area contributed by atoms with Crippen molar-refractivity contribution in [2.75, 3.05) is 12.8 Å². The summed E-state index contributed by atoms with van der Waals surface area (Å²) in [5, 5.41) is 0. The zero-order valence-electron chi connectivity index (χ0n) is 9.87. The molecule has 1 heterocycles. The number of methoxy groups -OCH3 is 1. The van der Waals surface area contributed by atoms with Crippen molar-refractivity contribution in [1.82, 2.24) is 9.97 Å². The molecule has 0 saturated carbocycles. The predicted molar refractivity (Wildman–Crippen MR) is 63.1 cm³/mol. The number of hydrogen-bond acceptors (Lipinski definition) is 4. The molecule has 0 aliphatic carbocycles. The van der Waals surface area contributed by atoms with E-state index in [0.717, 1.165) is 6.07 Å². The second-order valence-electron chi connectivity index (χ2n) is 3.73. The third kappa shape index (κ3) is 2.22. The maximum Gasteiger partial charge on any atom is 0.223 e. The summed E-state index contributed by atoms with van der Waals surface area (Å²) < 4.78 is 31.8. The Hall–Kier alpha value is -2.24. The Morgan fingerprint density at radius 2 is 1.83 bits per heavy atom. The fourth-order valence-electron chi connectivity index (χ4n) is 1.54. The number of ether oxygens (including phenoxy) is 1. The summed E-state index contributed by atoms with van der Waals surface area (Å²) in [6.07, 6.45) is 0. The number of anilines is 1. The van der Waals surface area contributed by atoms with Gasteiger partial charge in [-0.15, -0.1) is 0 Å². The number of nitrogens with zero attached hydrogens (tertiary/aromatic N) is 2. The van der Waals surface area contributed by atoms with Gasteiger partial charge in [-0.2, -0.15) is 4.98 Å². The summed E-state index contributed by atoms with van der Waals surface area (Å²) >= 11 is 0. The smallest absolute Gasteiger partial charge is 0.223 e. The fourth-order valence-corrected chi connectivity index (χ4v) is 1.54. The lowest BCUT2D eigenvalue weighted by Gasteiger charge is -2.07. The topological polar surface area (TPSA) is 61.0 Å². The van der Waals surface area contributed by atoms with Gasteiger partial charge >= 0.3 is 0 Å². The molecule has 0 fully saturated rings. The first-order valence-corrected chi connectivity index (χ1v) is 5.16. The van der Waals surface area contributed by atoms with Crippen LogP contribution in [0.1, 0.15) is 5.56 Å². The van der Waals surface area contributed by atoms with Crippen molar-refractivity contribution in [2.24, 2.45) is 0 Å². The van der Waals surface area contributed by atoms with Crippen LogP contribution in [0.2, 0.25) is 0 Å². The van der Waals surface area contributed by atoms with Crippen LogP contribution in [0.5, 0.6) is 5.88 Å². The minimum Gasteiger partial charge on any atom is -0.481 e. The molecule has 0 aliphatic heterocycles. The van der Waals surface area contributed by atoms with Crippen LogP contribution in [0.3, 0.4) is 0 Å². The lowest BCUT2D eigenvalue weighted by Crippen LogP contribution is -2.00. The molecular formula is C12H11F2N3O. The number of nitrogens with two attached hydrogens (primary N) is 1. The Morgan fingerprint density at radius 1 is 1.11 bits per heavy atom. The molecule has 0 unspecified atom stereocenters. The van der Waals surface area contributed by atoms with Crippen molar-refractivity contribution in [1.29, 1.82) is 0 Å². The van der Waals surface area contributed by atoms with E-state index in [9.17, 15) is 8.78 Å². The van der Waals surface area contributed by atoms with Gasteiger partial charge in [-0.25, -0.2) is 13.8 Å². The predicted octanol–water partition coefficient (Wildman–Crippen LogP) is 2.32. The van der Waals surface area contributed by atoms with Crippen molar-refractivity contribution in [3.63, 3.8) is 0 Å². The first kappa shape index (κ1) is 12.2. The van der Waals surface area contributed by atoms with Crippen molar-refractivity contribution >= 4 is 5.95 Å². The Balaban J connectivity index is 2.61. The van der Waals surface area contributed by atoms with Gasteiger partial charge in [0.15, 0.2) is 0 Å². The number of rotatable bonds is 2. The van der Waals surface area contributed by atoms with Gasteiger partial charge in [0.25, 0.3) is 0 Å². The second kappa shape index (κ2) is 4.56. The minimum absolute atomic E-state index is 0.0364. The highest BCUT2D eigenvalue weighted by Crippen LogP contribution is 2.26. The van der Waals surface area contributed by atoms with E-state index in [0.29, 0.717) is 5.56 Å². The van der Waals surface area contributed by atoms with Gasteiger partial charge in [-0.05, 0) is 18.6 Å². The first-order valence-electron chi connectivity index (χ1n) is 5.16. The van der Waals surface area contributed by atoms with Crippen LogP contribution in [-0.2, 0) is 0 Å². The summed E-state index contributed by atoms with van der Waals surface area (Å²) in [5.74, 6) is -1.13. The molecule has 2 rings (SSSR count). The van der Waals surface area contributed by atoms with Gasteiger partial charge in [-0.3, -0.25) is 0 Å².